The summed E-state index contributed by atoms with van der Waals surface area (Å²) in [5.74, 6) is 0.639. The number of ether oxygens (including phenoxy) is 1. The van der Waals surface area contributed by atoms with Gasteiger partial charge < -0.3 is 10.1 Å². The number of hydrogen-bond donors (Lipinski definition) is 1. The lowest BCUT2D eigenvalue weighted by Gasteiger charge is -2.19. The van der Waals surface area contributed by atoms with Crippen LogP contribution in [-0.2, 0) is 11.2 Å². The Morgan fingerprint density at radius 3 is 2.94 bits per heavy atom. The highest BCUT2D eigenvalue weighted by Gasteiger charge is 2.18. The SMILES string of the molecule is CC(C)NCCc1csc(C2CCOCC2)n1. The molecule has 1 fully saturated rings. The van der Waals surface area contributed by atoms with Crippen molar-refractivity contribution in [2.24, 2.45) is 0 Å². The van der Waals surface area contributed by atoms with Gasteiger partial charge >= 0.3 is 0 Å². The smallest absolute Gasteiger partial charge is 0.0960 e. The van der Waals surface area contributed by atoms with Gasteiger partial charge in [-0.15, -0.1) is 11.3 Å². The average molecular weight is 254 g/mol. The second-order valence-electron chi connectivity index (χ2n) is 4.92. The van der Waals surface area contributed by atoms with E-state index in [4.69, 9.17) is 9.72 Å². The molecule has 1 aliphatic heterocycles. The van der Waals surface area contributed by atoms with E-state index < -0.39 is 0 Å². The van der Waals surface area contributed by atoms with Gasteiger partial charge in [-0.3, -0.25) is 0 Å². The predicted octanol–water partition coefficient (Wildman–Crippen LogP) is 2.58. The summed E-state index contributed by atoms with van der Waals surface area (Å²) in [6.45, 7) is 7.17. The number of nitrogens with one attached hydrogen (secondary N) is 1. The fourth-order valence-electron chi connectivity index (χ4n) is 2.06. The fraction of sp³-hybridized carbons (Fsp3) is 0.769. The van der Waals surface area contributed by atoms with Crippen molar-refractivity contribution in [2.45, 2.75) is 45.1 Å². The van der Waals surface area contributed by atoms with E-state index in [-0.39, 0.29) is 0 Å². The van der Waals surface area contributed by atoms with Crippen LogP contribution in [-0.4, -0.2) is 30.8 Å². The summed E-state index contributed by atoms with van der Waals surface area (Å²) in [4.78, 5) is 4.75. The van der Waals surface area contributed by atoms with Gasteiger partial charge in [0.25, 0.3) is 0 Å². The number of nitrogens with zero attached hydrogens (tertiary/aromatic N) is 1. The van der Waals surface area contributed by atoms with Crippen molar-refractivity contribution in [2.75, 3.05) is 19.8 Å². The second kappa shape index (κ2) is 6.47. The zero-order valence-electron chi connectivity index (χ0n) is 10.7. The molecule has 2 heterocycles. The van der Waals surface area contributed by atoms with E-state index in [0.717, 1.165) is 39.0 Å². The zero-order chi connectivity index (χ0) is 12.1. The van der Waals surface area contributed by atoms with E-state index >= 15 is 0 Å². The van der Waals surface area contributed by atoms with Gasteiger partial charge in [0, 0.05) is 43.5 Å². The fourth-order valence-corrected chi connectivity index (χ4v) is 3.08. The molecule has 0 unspecified atom stereocenters. The molecular formula is C13H22N2OS. The van der Waals surface area contributed by atoms with Crippen molar-refractivity contribution in [1.29, 1.82) is 0 Å². The minimum atomic E-state index is 0.559. The van der Waals surface area contributed by atoms with Crippen molar-refractivity contribution >= 4 is 11.3 Å². The lowest BCUT2D eigenvalue weighted by molar-refractivity contribution is 0.0852. The first-order valence-electron chi connectivity index (χ1n) is 6.51. The summed E-state index contributed by atoms with van der Waals surface area (Å²) in [5, 5.41) is 6.96. The van der Waals surface area contributed by atoms with Crippen LogP contribution in [0.3, 0.4) is 0 Å². The zero-order valence-corrected chi connectivity index (χ0v) is 11.6. The molecule has 0 amide bonds. The number of rotatable bonds is 5. The van der Waals surface area contributed by atoms with Crippen molar-refractivity contribution in [3.63, 3.8) is 0 Å². The maximum atomic E-state index is 5.39. The molecule has 2 rings (SSSR count). The third kappa shape index (κ3) is 4.05. The van der Waals surface area contributed by atoms with Gasteiger partial charge in [-0.2, -0.15) is 0 Å². The molecule has 0 radical (unpaired) electrons. The lowest BCUT2D eigenvalue weighted by atomic mass is 10.0. The van der Waals surface area contributed by atoms with Crippen LogP contribution in [0, 0.1) is 0 Å². The molecule has 3 nitrogen and oxygen atoms in total. The predicted molar refractivity (Wildman–Crippen MR) is 71.8 cm³/mol. The third-order valence-electron chi connectivity index (χ3n) is 3.07. The van der Waals surface area contributed by atoms with Crippen LogP contribution in [0.2, 0.25) is 0 Å². The van der Waals surface area contributed by atoms with Crippen molar-refractivity contribution < 1.29 is 4.74 Å². The van der Waals surface area contributed by atoms with E-state index in [9.17, 15) is 0 Å². The van der Waals surface area contributed by atoms with E-state index in [1.165, 1.54) is 10.7 Å². The molecule has 96 valence electrons. The normalized spacial score (nSPS) is 17.8. The Morgan fingerprint density at radius 1 is 1.47 bits per heavy atom. The number of hydrogen-bond acceptors (Lipinski definition) is 4. The third-order valence-corrected chi connectivity index (χ3v) is 4.13. The van der Waals surface area contributed by atoms with E-state index in [0.29, 0.717) is 12.0 Å². The summed E-state index contributed by atoms with van der Waals surface area (Å²) in [7, 11) is 0. The molecule has 1 aromatic heterocycles. The van der Waals surface area contributed by atoms with Crippen molar-refractivity contribution in [3.05, 3.63) is 16.1 Å². The van der Waals surface area contributed by atoms with Crippen LogP contribution in [0.5, 0.6) is 0 Å². The molecular weight excluding hydrogens is 232 g/mol. The maximum absolute atomic E-state index is 5.39. The molecule has 0 spiro atoms. The standard InChI is InChI=1S/C13H22N2OS/c1-10(2)14-6-3-12-9-17-13(15-12)11-4-7-16-8-5-11/h9-11,14H,3-8H2,1-2H3. The highest BCUT2D eigenvalue weighted by Crippen LogP contribution is 2.29. The molecule has 1 saturated heterocycles. The van der Waals surface area contributed by atoms with Crippen molar-refractivity contribution in [1.82, 2.24) is 10.3 Å². The second-order valence-corrected chi connectivity index (χ2v) is 5.81. The van der Waals surface area contributed by atoms with Crippen molar-refractivity contribution in [3.8, 4) is 0 Å². The van der Waals surface area contributed by atoms with Crippen LogP contribution in [0.25, 0.3) is 0 Å². The summed E-state index contributed by atoms with van der Waals surface area (Å²) in [6, 6.07) is 0.559. The number of aromatic nitrogens is 1. The Hall–Kier alpha value is -0.450. The topological polar surface area (TPSA) is 34.1 Å². The first kappa shape index (κ1) is 13.0. The molecule has 1 N–H and O–H groups in total. The maximum Gasteiger partial charge on any atom is 0.0960 e. The summed E-state index contributed by atoms with van der Waals surface area (Å²) in [5.41, 5.74) is 1.24. The molecule has 0 atom stereocenters. The van der Waals surface area contributed by atoms with Crippen LogP contribution in [0.1, 0.15) is 43.3 Å². The Morgan fingerprint density at radius 2 is 2.24 bits per heavy atom. The van der Waals surface area contributed by atoms with Gasteiger partial charge in [-0.25, -0.2) is 4.98 Å². The first-order valence-corrected chi connectivity index (χ1v) is 7.39. The monoisotopic (exact) mass is 254 g/mol. The van der Waals surface area contributed by atoms with Crippen LogP contribution >= 0.6 is 11.3 Å². The van der Waals surface area contributed by atoms with Gasteiger partial charge in [0.05, 0.1) is 10.7 Å². The Labute approximate surface area is 108 Å². The van der Waals surface area contributed by atoms with Gasteiger partial charge in [0.1, 0.15) is 0 Å². The molecule has 4 heteroatoms. The summed E-state index contributed by atoms with van der Waals surface area (Å²) < 4.78 is 5.39. The lowest BCUT2D eigenvalue weighted by Crippen LogP contribution is -2.25. The molecule has 17 heavy (non-hydrogen) atoms. The minimum Gasteiger partial charge on any atom is -0.381 e. The Kier molecular flexibility index (Phi) is 4.95. The van der Waals surface area contributed by atoms with E-state index in [1.54, 1.807) is 0 Å². The van der Waals surface area contributed by atoms with Gasteiger partial charge in [-0.1, -0.05) is 13.8 Å². The molecule has 0 bridgehead atoms. The number of thiazole rings is 1. The van der Waals surface area contributed by atoms with Gasteiger partial charge in [0.15, 0.2) is 0 Å². The summed E-state index contributed by atoms with van der Waals surface area (Å²) >= 11 is 1.82. The van der Waals surface area contributed by atoms with E-state index in [1.807, 2.05) is 11.3 Å². The van der Waals surface area contributed by atoms with Crippen LogP contribution in [0.4, 0.5) is 0 Å². The van der Waals surface area contributed by atoms with Crippen LogP contribution < -0.4 is 5.32 Å². The van der Waals surface area contributed by atoms with Gasteiger partial charge in [-0.05, 0) is 12.8 Å². The summed E-state index contributed by atoms with van der Waals surface area (Å²) in [6.07, 6.45) is 3.31. The quantitative estimate of drug-likeness (QED) is 0.877. The van der Waals surface area contributed by atoms with Crippen LogP contribution in [0.15, 0.2) is 5.38 Å². The first-order chi connectivity index (χ1) is 8.25. The molecule has 1 aromatic rings. The molecule has 0 aromatic carbocycles. The van der Waals surface area contributed by atoms with E-state index in [2.05, 4.69) is 24.5 Å². The minimum absolute atomic E-state index is 0.559. The Bertz CT molecular complexity index is 332. The highest BCUT2D eigenvalue weighted by atomic mass is 32.1. The average Bonchev–Trinajstić information content (AvgIpc) is 2.78. The molecule has 0 saturated carbocycles. The van der Waals surface area contributed by atoms with Gasteiger partial charge in [0.2, 0.25) is 0 Å². The Balaban J connectivity index is 1.82. The highest BCUT2D eigenvalue weighted by molar-refractivity contribution is 7.09. The molecule has 0 aliphatic carbocycles. The molecule has 1 aliphatic rings. The largest absolute Gasteiger partial charge is 0.381 e.